The molecular formula is C18H17N5O3. The third-order valence-electron chi connectivity index (χ3n) is 4.26. The number of benzene rings is 2. The fourth-order valence-corrected chi connectivity index (χ4v) is 3.00. The zero-order valence-electron chi connectivity index (χ0n) is 14.2. The number of ether oxygens (including phenoxy) is 1. The minimum absolute atomic E-state index is 0.215. The van der Waals surface area contributed by atoms with Crippen LogP contribution in [0.25, 0.3) is 33.1 Å². The van der Waals surface area contributed by atoms with Gasteiger partial charge in [-0.15, -0.1) is 0 Å². The van der Waals surface area contributed by atoms with Crippen molar-refractivity contribution in [2.45, 2.75) is 13.3 Å². The van der Waals surface area contributed by atoms with Crippen LogP contribution in [0.4, 0.5) is 5.95 Å². The highest BCUT2D eigenvalue weighted by atomic mass is 16.6. The average molecular weight is 351 g/mol. The lowest BCUT2D eigenvalue weighted by Crippen LogP contribution is -2.20. The quantitative estimate of drug-likeness (QED) is 0.419. The zero-order valence-corrected chi connectivity index (χ0v) is 14.2. The molecule has 0 fully saturated rings. The van der Waals surface area contributed by atoms with Crippen molar-refractivity contribution < 1.29 is 9.84 Å². The van der Waals surface area contributed by atoms with Crippen molar-refractivity contribution >= 4 is 27.8 Å². The maximum absolute atomic E-state index is 12.1. The monoisotopic (exact) mass is 351 g/mol. The van der Waals surface area contributed by atoms with E-state index >= 15 is 0 Å². The van der Waals surface area contributed by atoms with Crippen molar-refractivity contribution in [1.82, 2.24) is 20.2 Å². The van der Waals surface area contributed by atoms with Gasteiger partial charge in [0.2, 0.25) is 12.4 Å². The smallest absolute Gasteiger partial charge is 0.272 e. The summed E-state index contributed by atoms with van der Waals surface area (Å²) >= 11 is 0. The predicted octanol–water partition coefficient (Wildman–Crippen LogP) is 2.11. The summed E-state index contributed by atoms with van der Waals surface area (Å²) in [5, 5.41) is 20.4. The standard InChI is InChI=1S/C18H17N5O3/c1-9-4-3-5-11-14(9)15(22-23-16(11)24)10-6-7-12-13(8-10)20-17(19-12)21-18(25)26-2/h3-8,18,25H,1-2H3,(H,23,24)(H2,19,20,21). The lowest BCUT2D eigenvalue weighted by atomic mass is 10.0. The summed E-state index contributed by atoms with van der Waals surface area (Å²) < 4.78 is 4.76. The predicted molar refractivity (Wildman–Crippen MR) is 98.8 cm³/mol. The van der Waals surface area contributed by atoms with E-state index in [1.165, 1.54) is 7.11 Å². The number of fused-ring (bicyclic) bond motifs is 2. The van der Waals surface area contributed by atoms with Gasteiger partial charge < -0.3 is 20.1 Å². The fraction of sp³-hybridized carbons (Fsp3) is 0.167. The fourth-order valence-electron chi connectivity index (χ4n) is 3.00. The molecule has 4 aromatic rings. The Morgan fingerprint density at radius 3 is 2.92 bits per heavy atom. The number of methoxy groups -OCH3 is 1. The Morgan fingerprint density at radius 2 is 2.12 bits per heavy atom. The van der Waals surface area contributed by atoms with E-state index in [1.54, 1.807) is 6.07 Å². The van der Waals surface area contributed by atoms with Gasteiger partial charge in [0, 0.05) is 18.1 Å². The average Bonchev–Trinajstić information content (AvgIpc) is 3.04. The molecule has 0 saturated heterocycles. The van der Waals surface area contributed by atoms with Crippen molar-refractivity contribution in [3.8, 4) is 11.3 Å². The number of aliphatic hydroxyl groups excluding tert-OH is 1. The molecule has 1 atom stereocenters. The molecule has 4 rings (SSSR count). The molecule has 8 nitrogen and oxygen atoms in total. The van der Waals surface area contributed by atoms with E-state index in [4.69, 9.17) is 4.74 Å². The molecule has 26 heavy (non-hydrogen) atoms. The summed E-state index contributed by atoms with van der Waals surface area (Å²) in [5.74, 6) is 0.391. The third-order valence-corrected chi connectivity index (χ3v) is 4.26. The lowest BCUT2D eigenvalue weighted by molar-refractivity contribution is -0.0514. The molecule has 1 unspecified atom stereocenters. The van der Waals surface area contributed by atoms with Crippen LogP contribution in [0.5, 0.6) is 0 Å². The molecule has 0 amide bonds. The van der Waals surface area contributed by atoms with Gasteiger partial charge in [-0.25, -0.2) is 10.1 Å². The van der Waals surface area contributed by atoms with Crippen molar-refractivity contribution in [2.24, 2.45) is 0 Å². The molecule has 2 heterocycles. The number of aliphatic hydroxyl groups is 1. The number of hydrogen-bond donors (Lipinski definition) is 4. The Labute approximate surface area is 147 Å². The number of aromatic amines is 2. The number of nitrogens with one attached hydrogen (secondary N) is 3. The number of aromatic nitrogens is 4. The van der Waals surface area contributed by atoms with Crippen LogP contribution < -0.4 is 10.9 Å². The van der Waals surface area contributed by atoms with Crippen molar-refractivity contribution in [3.63, 3.8) is 0 Å². The minimum Gasteiger partial charge on any atom is -0.351 e. The van der Waals surface area contributed by atoms with Crippen molar-refractivity contribution in [2.75, 3.05) is 12.4 Å². The highest BCUT2D eigenvalue weighted by Gasteiger charge is 2.13. The van der Waals surface area contributed by atoms with Gasteiger partial charge in [0.25, 0.3) is 5.56 Å². The Balaban J connectivity index is 1.86. The first kappa shape index (κ1) is 16.2. The lowest BCUT2D eigenvalue weighted by Gasteiger charge is -2.07. The number of nitrogens with zero attached hydrogens (tertiary/aromatic N) is 2. The minimum atomic E-state index is -1.15. The van der Waals surface area contributed by atoms with Gasteiger partial charge in [-0.1, -0.05) is 18.2 Å². The number of aryl methyl sites for hydroxylation is 1. The molecule has 0 aliphatic carbocycles. The van der Waals surface area contributed by atoms with Gasteiger partial charge in [0.15, 0.2) is 0 Å². The van der Waals surface area contributed by atoms with Crippen LogP contribution in [-0.2, 0) is 4.74 Å². The summed E-state index contributed by atoms with van der Waals surface area (Å²) in [6, 6.07) is 11.2. The largest absolute Gasteiger partial charge is 0.351 e. The van der Waals surface area contributed by atoms with Crippen LogP contribution in [0.2, 0.25) is 0 Å². The summed E-state index contributed by atoms with van der Waals surface area (Å²) in [4.78, 5) is 19.5. The van der Waals surface area contributed by atoms with E-state index < -0.39 is 6.41 Å². The Kier molecular flexibility index (Phi) is 3.90. The van der Waals surface area contributed by atoms with Crippen LogP contribution in [0.1, 0.15) is 5.56 Å². The van der Waals surface area contributed by atoms with Crippen LogP contribution in [0.15, 0.2) is 41.2 Å². The van der Waals surface area contributed by atoms with E-state index in [0.717, 1.165) is 22.0 Å². The second-order valence-electron chi connectivity index (χ2n) is 5.95. The van der Waals surface area contributed by atoms with Gasteiger partial charge in [0.1, 0.15) is 0 Å². The second kappa shape index (κ2) is 6.25. The van der Waals surface area contributed by atoms with Crippen LogP contribution in [0.3, 0.4) is 0 Å². The van der Waals surface area contributed by atoms with E-state index in [9.17, 15) is 9.90 Å². The molecule has 0 spiro atoms. The van der Waals surface area contributed by atoms with Crippen LogP contribution >= 0.6 is 0 Å². The molecule has 0 bridgehead atoms. The molecule has 0 aliphatic rings. The summed E-state index contributed by atoms with van der Waals surface area (Å²) in [5.41, 5.74) is 3.78. The first-order valence-electron chi connectivity index (χ1n) is 8.02. The molecule has 0 saturated carbocycles. The second-order valence-corrected chi connectivity index (χ2v) is 5.95. The Bertz CT molecular complexity index is 1160. The first-order chi connectivity index (χ1) is 12.6. The molecule has 8 heteroatoms. The van der Waals surface area contributed by atoms with Crippen molar-refractivity contribution in [3.05, 3.63) is 52.3 Å². The summed E-state index contributed by atoms with van der Waals surface area (Å²) in [7, 11) is 1.38. The maximum Gasteiger partial charge on any atom is 0.272 e. The number of rotatable bonds is 4. The third kappa shape index (κ3) is 2.71. The number of hydrogen-bond acceptors (Lipinski definition) is 6. The molecule has 0 radical (unpaired) electrons. The molecule has 2 aromatic heterocycles. The topological polar surface area (TPSA) is 116 Å². The van der Waals surface area contributed by atoms with Gasteiger partial charge >= 0.3 is 0 Å². The molecule has 2 aromatic carbocycles. The Hall–Kier alpha value is -3.23. The summed E-state index contributed by atoms with van der Waals surface area (Å²) in [6.07, 6.45) is -1.15. The summed E-state index contributed by atoms with van der Waals surface area (Å²) in [6.45, 7) is 1.95. The van der Waals surface area contributed by atoms with Crippen LogP contribution in [0, 0.1) is 6.92 Å². The van der Waals surface area contributed by atoms with E-state index in [-0.39, 0.29) is 5.56 Å². The highest BCUT2D eigenvalue weighted by Crippen LogP contribution is 2.29. The maximum atomic E-state index is 12.1. The first-order valence-corrected chi connectivity index (χ1v) is 8.02. The number of anilines is 1. The normalized spacial score (nSPS) is 12.6. The van der Waals surface area contributed by atoms with E-state index in [2.05, 4.69) is 25.5 Å². The number of imidazole rings is 1. The van der Waals surface area contributed by atoms with Crippen LogP contribution in [-0.4, -0.2) is 38.8 Å². The van der Waals surface area contributed by atoms with E-state index in [0.29, 0.717) is 22.5 Å². The molecule has 132 valence electrons. The van der Waals surface area contributed by atoms with Gasteiger partial charge in [-0.05, 0) is 30.7 Å². The molecule has 4 N–H and O–H groups in total. The van der Waals surface area contributed by atoms with E-state index in [1.807, 2.05) is 37.3 Å². The van der Waals surface area contributed by atoms with Gasteiger partial charge in [-0.3, -0.25) is 4.79 Å². The molecule has 0 aliphatic heterocycles. The Morgan fingerprint density at radius 1 is 1.27 bits per heavy atom. The van der Waals surface area contributed by atoms with Crippen molar-refractivity contribution in [1.29, 1.82) is 0 Å². The molecular weight excluding hydrogens is 334 g/mol. The van der Waals surface area contributed by atoms with Gasteiger partial charge in [0.05, 0.1) is 22.1 Å². The zero-order chi connectivity index (χ0) is 18.3. The number of H-pyrrole nitrogens is 2. The highest BCUT2D eigenvalue weighted by molar-refractivity contribution is 5.97. The van der Waals surface area contributed by atoms with Gasteiger partial charge in [-0.2, -0.15) is 5.10 Å². The SMILES string of the molecule is COC(O)Nc1nc2cc(-c3n[nH]c(=O)c4cccc(C)c34)ccc2[nH]1.